The number of rotatable bonds is 6. The van der Waals surface area contributed by atoms with E-state index in [2.05, 4.69) is 41.4 Å². The molecule has 2 aromatic carbocycles. The molecule has 0 aliphatic carbocycles. The summed E-state index contributed by atoms with van der Waals surface area (Å²) in [5.41, 5.74) is 3.40. The number of benzene rings is 2. The molecule has 1 aliphatic rings. The van der Waals surface area contributed by atoms with E-state index in [9.17, 15) is 4.79 Å². The molecule has 0 spiro atoms. The predicted molar refractivity (Wildman–Crippen MR) is 108 cm³/mol. The number of carbonyl (C=O) groups excluding carboxylic acids is 1. The number of hydrogen-bond donors (Lipinski definition) is 1. The van der Waals surface area contributed by atoms with Gasteiger partial charge in [-0.1, -0.05) is 37.3 Å². The third kappa shape index (κ3) is 5.01. The maximum absolute atomic E-state index is 12.3. The third-order valence-electron chi connectivity index (χ3n) is 5.15. The minimum atomic E-state index is 0.0861. The lowest BCUT2D eigenvalue weighted by molar-refractivity contribution is -0.128. The number of nitrogens with one attached hydrogen (secondary N) is 1. The Hall–Kier alpha value is -2.49. The molecule has 0 atom stereocenters. The van der Waals surface area contributed by atoms with Crippen LogP contribution in [0.3, 0.4) is 0 Å². The Balaban J connectivity index is 1.47. The summed E-state index contributed by atoms with van der Waals surface area (Å²) < 4.78 is 0. The fraction of sp³-hybridized carbons (Fsp3) is 0.409. The molecular weight excluding hydrogens is 322 g/mol. The van der Waals surface area contributed by atoms with Gasteiger partial charge < -0.3 is 15.1 Å². The highest BCUT2D eigenvalue weighted by Gasteiger charge is 2.16. The summed E-state index contributed by atoms with van der Waals surface area (Å²) in [6.07, 6.45) is 2.53. The second-order valence-electron chi connectivity index (χ2n) is 7.31. The van der Waals surface area contributed by atoms with Crippen LogP contribution in [-0.4, -0.2) is 37.5 Å². The van der Waals surface area contributed by atoms with Gasteiger partial charge in [0, 0.05) is 38.1 Å². The molecule has 0 radical (unpaired) electrons. The Bertz CT molecular complexity index is 691. The van der Waals surface area contributed by atoms with Crippen LogP contribution in [0, 0.1) is 5.92 Å². The smallest absolute Gasteiger partial charge is 0.241 e. The van der Waals surface area contributed by atoms with Crippen molar-refractivity contribution in [3.8, 4) is 0 Å². The van der Waals surface area contributed by atoms with Gasteiger partial charge in [0.25, 0.3) is 0 Å². The van der Waals surface area contributed by atoms with E-state index in [4.69, 9.17) is 0 Å². The van der Waals surface area contributed by atoms with Crippen LogP contribution in [0.2, 0.25) is 0 Å². The second-order valence-corrected chi connectivity index (χ2v) is 7.31. The van der Waals surface area contributed by atoms with Crippen molar-refractivity contribution in [2.75, 3.05) is 36.9 Å². The Morgan fingerprint density at radius 1 is 1.08 bits per heavy atom. The zero-order valence-corrected chi connectivity index (χ0v) is 15.8. The standard InChI is InChI=1S/C22H29N3O/c1-18-12-14-25(15-13-18)21-10-8-20(9-11-21)23-16-22(26)24(2)17-19-6-4-3-5-7-19/h3-11,18,23H,12-17H2,1-2H3. The third-order valence-corrected chi connectivity index (χ3v) is 5.15. The molecular formula is C22H29N3O. The predicted octanol–water partition coefficient (Wildman–Crippen LogP) is 3.99. The van der Waals surface area contributed by atoms with Crippen LogP contribution >= 0.6 is 0 Å². The topological polar surface area (TPSA) is 35.6 Å². The number of nitrogens with zero attached hydrogens (tertiary/aromatic N) is 2. The van der Waals surface area contributed by atoms with Gasteiger partial charge in [-0.3, -0.25) is 4.79 Å². The lowest BCUT2D eigenvalue weighted by Crippen LogP contribution is -2.32. The molecule has 1 fully saturated rings. The lowest BCUT2D eigenvalue weighted by atomic mass is 9.99. The molecule has 1 aliphatic heterocycles. The zero-order valence-electron chi connectivity index (χ0n) is 15.8. The molecule has 1 amide bonds. The first kappa shape index (κ1) is 18.3. The largest absolute Gasteiger partial charge is 0.376 e. The molecule has 2 aromatic rings. The summed E-state index contributed by atoms with van der Waals surface area (Å²) in [6.45, 7) is 5.54. The molecule has 1 saturated heterocycles. The molecule has 4 heteroatoms. The van der Waals surface area contributed by atoms with Crippen LogP contribution in [-0.2, 0) is 11.3 Å². The lowest BCUT2D eigenvalue weighted by Gasteiger charge is -2.32. The quantitative estimate of drug-likeness (QED) is 0.855. The van der Waals surface area contributed by atoms with Gasteiger partial charge in [0.1, 0.15) is 0 Å². The number of amides is 1. The molecule has 0 saturated carbocycles. The Kier molecular flexibility index (Phi) is 6.16. The SMILES string of the molecule is CC1CCN(c2ccc(NCC(=O)N(C)Cc3ccccc3)cc2)CC1. The van der Waals surface area contributed by atoms with Gasteiger partial charge in [-0.2, -0.15) is 0 Å². The first-order valence-electron chi connectivity index (χ1n) is 9.48. The van der Waals surface area contributed by atoms with Gasteiger partial charge in [0.15, 0.2) is 0 Å². The van der Waals surface area contributed by atoms with Gasteiger partial charge in [0.05, 0.1) is 6.54 Å². The fourth-order valence-corrected chi connectivity index (χ4v) is 3.31. The van der Waals surface area contributed by atoms with E-state index in [1.165, 1.54) is 18.5 Å². The number of likely N-dealkylation sites (N-methyl/N-ethyl adjacent to an activating group) is 1. The van der Waals surface area contributed by atoms with E-state index >= 15 is 0 Å². The monoisotopic (exact) mass is 351 g/mol. The summed E-state index contributed by atoms with van der Waals surface area (Å²) in [7, 11) is 1.84. The minimum Gasteiger partial charge on any atom is -0.376 e. The molecule has 0 aromatic heterocycles. The van der Waals surface area contributed by atoms with E-state index in [1.807, 2.05) is 37.4 Å². The first-order chi connectivity index (χ1) is 12.6. The fourth-order valence-electron chi connectivity index (χ4n) is 3.31. The van der Waals surface area contributed by atoms with Crippen LogP contribution in [0.4, 0.5) is 11.4 Å². The van der Waals surface area contributed by atoms with Gasteiger partial charge in [-0.05, 0) is 48.6 Å². The van der Waals surface area contributed by atoms with E-state index in [0.717, 1.165) is 30.3 Å². The Labute approximate surface area is 156 Å². The van der Waals surface area contributed by atoms with Crippen LogP contribution in [0.1, 0.15) is 25.3 Å². The number of carbonyl (C=O) groups is 1. The summed E-state index contributed by atoms with van der Waals surface area (Å²) in [6, 6.07) is 18.5. The van der Waals surface area contributed by atoms with Crippen molar-refractivity contribution >= 4 is 17.3 Å². The number of hydrogen-bond acceptors (Lipinski definition) is 3. The number of anilines is 2. The molecule has 0 bridgehead atoms. The van der Waals surface area contributed by atoms with Crippen LogP contribution in [0.25, 0.3) is 0 Å². The van der Waals surface area contributed by atoms with Crippen molar-refractivity contribution in [3.05, 3.63) is 60.2 Å². The summed E-state index contributed by atoms with van der Waals surface area (Å²) >= 11 is 0. The van der Waals surface area contributed by atoms with Gasteiger partial charge in [0.2, 0.25) is 5.91 Å². The van der Waals surface area contributed by atoms with Crippen molar-refractivity contribution in [1.82, 2.24) is 4.90 Å². The molecule has 26 heavy (non-hydrogen) atoms. The molecule has 138 valence electrons. The van der Waals surface area contributed by atoms with Crippen molar-refractivity contribution in [1.29, 1.82) is 0 Å². The normalized spacial score (nSPS) is 14.9. The highest BCUT2D eigenvalue weighted by Crippen LogP contribution is 2.24. The Morgan fingerprint density at radius 2 is 1.73 bits per heavy atom. The summed E-state index contributed by atoms with van der Waals surface area (Å²) in [5.74, 6) is 0.925. The van der Waals surface area contributed by atoms with Gasteiger partial charge in [-0.25, -0.2) is 0 Å². The van der Waals surface area contributed by atoms with Crippen molar-refractivity contribution < 1.29 is 4.79 Å². The molecule has 1 heterocycles. The van der Waals surface area contributed by atoms with E-state index in [0.29, 0.717) is 13.1 Å². The highest BCUT2D eigenvalue weighted by molar-refractivity contribution is 5.80. The maximum atomic E-state index is 12.3. The average molecular weight is 351 g/mol. The molecule has 3 rings (SSSR count). The maximum Gasteiger partial charge on any atom is 0.241 e. The van der Waals surface area contributed by atoms with Crippen molar-refractivity contribution in [2.45, 2.75) is 26.3 Å². The highest BCUT2D eigenvalue weighted by atomic mass is 16.2. The minimum absolute atomic E-state index is 0.0861. The first-order valence-corrected chi connectivity index (χ1v) is 9.48. The summed E-state index contributed by atoms with van der Waals surface area (Å²) in [5, 5.41) is 3.24. The van der Waals surface area contributed by atoms with Gasteiger partial charge in [-0.15, -0.1) is 0 Å². The van der Waals surface area contributed by atoms with Crippen LogP contribution in [0.5, 0.6) is 0 Å². The van der Waals surface area contributed by atoms with Crippen molar-refractivity contribution in [3.63, 3.8) is 0 Å². The van der Waals surface area contributed by atoms with E-state index in [1.54, 1.807) is 4.90 Å². The molecule has 1 N–H and O–H groups in total. The van der Waals surface area contributed by atoms with Crippen LogP contribution in [0.15, 0.2) is 54.6 Å². The Morgan fingerprint density at radius 3 is 2.38 bits per heavy atom. The van der Waals surface area contributed by atoms with E-state index in [-0.39, 0.29) is 5.91 Å². The van der Waals surface area contributed by atoms with Crippen LogP contribution < -0.4 is 10.2 Å². The van der Waals surface area contributed by atoms with Crippen molar-refractivity contribution in [2.24, 2.45) is 5.92 Å². The number of piperidine rings is 1. The zero-order chi connectivity index (χ0) is 18.4. The van der Waals surface area contributed by atoms with Gasteiger partial charge >= 0.3 is 0 Å². The summed E-state index contributed by atoms with van der Waals surface area (Å²) in [4.78, 5) is 16.5. The second kappa shape index (κ2) is 8.75. The molecule has 4 nitrogen and oxygen atoms in total. The average Bonchev–Trinajstić information content (AvgIpc) is 2.68. The van der Waals surface area contributed by atoms with E-state index < -0.39 is 0 Å². The molecule has 0 unspecified atom stereocenters.